The summed E-state index contributed by atoms with van der Waals surface area (Å²) >= 11 is 0. The van der Waals surface area contributed by atoms with Gasteiger partial charge in [0.1, 0.15) is 0 Å². The first-order valence-electron chi connectivity index (χ1n) is 5.26. The molecule has 4 nitrogen and oxygen atoms in total. The summed E-state index contributed by atoms with van der Waals surface area (Å²) in [5, 5.41) is 3.31. The second-order valence-electron chi connectivity index (χ2n) is 3.88. The first-order valence-corrected chi connectivity index (χ1v) is 6.91. The van der Waals surface area contributed by atoms with Crippen LogP contribution in [0.4, 0.5) is 0 Å². The summed E-state index contributed by atoms with van der Waals surface area (Å²) in [4.78, 5) is 0. The average molecular weight is 220 g/mol. The summed E-state index contributed by atoms with van der Waals surface area (Å²) in [6.45, 7) is 5.01. The van der Waals surface area contributed by atoms with Gasteiger partial charge in [-0.2, -0.15) is 0 Å². The normalized spacial score (nSPS) is 19.6. The molecule has 1 unspecified atom stereocenters. The molecule has 0 saturated heterocycles. The summed E-state index contributed by atoms with van der Waals surface area (Å²) in [5.74, 6) is 0.975. The summed E-state index contributed by atoms with van der Waals surface area (Å²) in [6, 6.07) is 0.529. The molecule has 84 valence electrons. The van der Waals surface area contributed by atoms with E-state index in [4.69, 9.17) is 0 Å². The molecule has 0 aromatic rings. The fraction of sp³-hybridized carbons (Fsp3) is 1.00. The topological polar surface area (TPSA) is 58.2 Å². The Morgan fingerprint density at radius 3 is 2.50 bits per heavy atom. The van der Waals surface area contributed by atoms with Crippen molar-refractivity contribution in [3.8, 4) is 0 Å². The first kappa shape index (κ1) is 11.9. The molecule has 5 heteroatoms. The molecule has 0 bridgehead atoms. The maximum Gasteiger partial charge on any atom is 0.211 e. The molecule has 1 aliphatic rings. The highest BCUT2D eigenvalue weighted by atomic mass is 32.2. The van der Waals surface area contributed by atoms with Gasteiger partial charge in [-0.3, -0.25) is 0 Å². The van der Waals surface area contributed by atoms with Gasteiger partial charge in [-0.15, -0.1) is 0 Å². The van der Waals surface area contributed by atoms with Crippen LogP contribution in [0, 0.1) is 5.92 Å². The number of rotatable bonds is 7. The van der Waals surface area contributed by atoms with E-state index in [1.54, 1.807) is 6.92 Å². The van der Waals surface area contributed by atoms with Gasteiger partial charge in [0.2, 0.25) is 10.0 Å². The Morgan fingerprint density at radius 1 is 1.36 bits per heavy atom. The molecule has 0 amide bonds. The van der Waals surface area contributed by atoms with Crippen LogP contribution in [0.15, 0.2) is 0 Å². The minimum absolute atomic E-state index is 0.158. The second-order valence-corrected chi connectivity index (χ2v) is 5.97. The molecule has 0 aliphatic heterocycles. The van der Waals surface area contributed by atoms with Gasteiger partial charge in [-0.25, -0.2) is 13.1 Å². The smallest absolute Gasteiger partial charge is 0.211 e. The molecule has 1 rings (SSSR count). The van der Waals surface area contributed by atoms with E-state index in [1.807, 2.05) is 0 Å². The lowest BCUT2D eigenvalue weighted by Crippen LogP contribution is -2.37. The van der Waals surface area contributed by atoms with E-state index in [-0.39, 0.29) is 5.75 Å². The summed E-state index contributed by atoms with van der Waals surface area (Å²) in [7, 11) is -3.01. The van der Waals surface area contributed by atoms with Crippen molar-refractivity contribution in [2.24, 2.45) is 5.92 Å². The Kier molecular flexibility index (Phi) is 4.34. The van der Waals surface area contributed by atoms with E-state index in [0.717, 1.165) is 12.5 Å². The van der Waals surface area contributed by atoms with Crippen LogP contribution in [0.2, 0.25) is 0 Å². The average Bonchev–Trinajstić information content (AvgIpc) is 2.95. The molecule has 1 saturated carbocycles. The lowest BCUT2D eigenvalue weighted by atomic mass is 10.2. The van der Waals surface area contributed by atoms with Crippen molar-refractivity contribution in [2.75, 3.05) is 18.8 Å². The quantitative estimate of drug-likeness (QED) is 0.607. The standard InChI is InChI=1S/C9H20N2O2S/c1-3-14(12,13)11-7-6-10-8(2)9-4-5-9/h8-11H,3-7H2,1-2H3. The zero-order chi connectivity index (χ0) is 10.6. The number of hydrogen-bond acceptors (Lipinski definition) is 3. The fourth-order valence-corrected chi connectivity index (χ4v) is 1.99. The maximum atomic E-state index is 11.1. The highest BCUT2D eigenvalue weighted by Gasteiger charge is 2.27. The Morgan fingerprint density at radius 2 is 2.00 bits per heavy atom. The predicted octanol–water partition coefficient (Wildman–Crippen LogP) is 0.314. The zero-order valence-electron chi connectivity index (χ0n) is 8.91. The van der Waals surface area contributed by atoms with Crippen LogP contribution in [0.25, 0.3) is 0 Å². The molecule has 0 heterocycles. The largest absolute Gasteiger partial charge is 0.313 e. The van der Waals surface area contributed by atoms with Crippen molar-refractivity contribution < 1.29 is 8.42 Å². The Bertz CT molecular complexity index is 260. The Labute approximate surface area is 86.5 Å². The van der Waals surface area contributed by atoms with Gasteiger partial charge in [-0.1, -0.05) is 0 Å². The van der Waals surface area contributed by atoms with Gasteiger partial charge in [0.25, 0.3) is 0 Å². The van der Waals surface area contributed by atoms with Crippen LogP contribution in [-0.2, 0) is 10.0 Å². The van der Waals surface area contributed by atoms with Crippen molar-refractivity contribution in [1.82, 2.24) is 10.0 Å². The van der Waals surface area contributed by atoms with Crippen LogP contribution in [0.3, 0.4) is 0 Å². The minimum atomic E-state index is -3.01. The van der Waals surface area contributed by atoms with Gasteiger partial charge in [0, 0.05) is 19.1 Å². The third kappa shape index (κ3) is 4.39. The zero-order valence-corrected chi connectivity index (χ0v) is 9.73. The number of hydrogen-bond donors (Lipinski definition) is 2. The highest BCUT2D eigenvalue weighted by molar-refractivity contribution is 7.89. The van der Waals surface area contributed by atoms with Crippen molar-refractivity contribution in [2.45, 2.75) is 32.7 Å². The van der Waals surface area contributed by atoms with Crippen molar-refractivity contribution in [1.29, 1.82) is 0 Å². The van der Waals surface area contributed by atoms with E-state index in [9.17, 15) is 8.42 Å². The molecular formula is C9H20N2O2S. The third-order valence-electron chi connectivity index (χ3n) is 2.62. The number of sulfonamides is 1. The summed E-state index contributed by atoms with van der Waals surface area (Å²) in [5.41, 5.74) is 0. The lowest BCUT2D eigenvalue weighted by Gasteiger charge is -2.12. The minimum Gasteiger partial charge on any atom is -0.313 e. The predicted molar refractivity (Wildman–Crippen MR) is 57.7 cm³/mol. The van der Waals surface area contributed by atoms with Crippen molar-refractivity contribution in [3.63, 3.8) is 0 Å². The van der Waals surface area contributed by atoms with E-state index < -0.39 is 10.0 Å². The Balaban J connectivity index is 2.04. The summed E-state index contributed by atoms with van der Waals surface area (Å²) < 4.78 is 24.6. The van der Waals surface area contributed by atoms with E-state index in [2.05, 4.69) is 17.0 Å². The third-order valence-corrected chi connectivity index (χ3v) is 4.03. The van der Waals surface area contributed by atoms with Crippen LogP contribution in [-0.4, -0.2) is 33.3 Å². The van der Waals surface area contributed by atoms with Gasteiger partial charge < -0.3 is 5.32 Å². The van der Waals surface area contributed by atoms with Crippen LogP contribution >= 0.6 is 0 Å². The first-order chi connectivity index (χ1) is 6.55. The Hall–Kier alpha value is -0.130. The molecule has 0 aromatic carbocycles. The fourth-order valence-electron chi connectivity index (χ4n) is 1.37. The molecular weight excluding hydrogens is 200 g/mol. The molecule has 1 fully saturated rings. The van der Waals surface area contributed by atoms with Gasteiger partial charge in [-0.05, 0) is 32.6 Å². The molecule has 1 atom stereocenters. The molecule has 1 aliphatic carbocycles. The molecule has 0 spiro atoms. The van der Waals surface area contributed by atoms with E-state index >= 15 is 0 Å². The van der Waals surface area contributed by atoms with Crippen LogP contribution in [0.1, 0.15) is 26.7 Å². The molecule has 2 N–H and O–H groups in total. The van der Waals surface area contributed by atoms with Crippen LogP contribution < -0.4 is 10.0 Å². The SMILES string of the molecule is CCS(=O)(=O)NCCNC(C)C1CC1. The molecule has 0 aromatic heterocycles. The summed E-state index contributed by atoms with van der Waals surface area (Å²) in [6.07, 6.45) is 2.63. The van der Waals surface area contributed by atoms with Crippen molar-refractivity contribution in [3.05, 3.63) is 0 Å². The van der Waals surface area contributed by atoms with Crippen molar-refractivity contribution >= 4 is 10.0 Å². The monoisotopic (exact) mass is 220 g/mol. The highest BCUT2D eigenvalue weighted by Crippen LogP contribution is 2.32. The lowest BCUT2D eigenvalue weighted by molar-refractivity contribution is 0.496. The van der Waals surface area contributed by atoms with Gasteiger partial charge >= 0.3 is 0 Å². The second kappa shape index (κ2) is 5.09. The van der Waals surface area contributed by atoms with Gasteiger partial charge in [0.05, 0.1) is 5.75 Å². The molecule has 14 heavy (non-hydrogen) atoms. The maximum absolute atomic E-state index is 11.1. The molecule has 0 radical (unpaired) electrons. The van der Waals surface area contributed by atoms with Crippen LogP contribution in [0.5, 0.6) is 0 Å². The van der Waals surface area contributed by atoms with E-state index in [1.165, 1.54) is 12.8 Å². The van der Waals surface area contributed by atoms with E-state index in [0.29, 0.717) is 12.6 Å². The number of nitrogens with one attached hydrogen (secondary N) is 2. The van der Waals surface area contributed by atoms with Gasteiger partial charge in [0.15, 0.2) is 0 Å².